The number of carbonyl (C=O) groups is 1. The molecule has 0 radical (unpaired) electrons. The number of ether oxygens (including phenoxy) is 1. The van der Waals surface area contributed by atoms with Gasteiger partial charge in [-0.1, -0.05) is 5.16 Å². The van der Waals surface area contributed by atoms with Crippen LogP contribution in [0.25, 0.3) is 11.3 Å². The molecule has 0 N–H and O–H groups in total. The Hall–Kier alpha value is -2.48. The first-order valence-electron chi connectivity index (χ1n) is 8.76. The molecule has 0 bridgehead atoms. The molecule has 1 atom stereocenters. The summed E-state index contributed by atoms with van der Waals surface area (Å²) in [5, 5.41) is 3.94. The van der Waals surface area contributed by atoms with E-state index in [2.05, 4.69) is 15.1 Å². The number of amides is 1. The van der Waals surface area contributed by atoms with E-state index in [1.165, 1.54) is 0 Å². The Kier molecular flexibility index (Phi) is 5.51. The van der Waals surface area contributed by atoms with Gasteiger partial charge >= 0.3 is 0 Å². The summed E-state index contributed by atoms with van der Waals surface area (Å²) in [6.07, 6.45) is 4.12. The quantitative estimate of drug-likeness (QED) is 0.780. The minimum Gasteiger partial charge on any atom is -0.378 e. The Labute approximate surface area is 153 Å². The Bertz CT molecular complexity index is 768. The molecule has 1 fully saturated rings. The number of anilines is 1. The van der Waals surface area contributed by atoms with Gasteiger partial charge in [-0.25, -0.2) is 9.97 Å². The Morgan fingerprint density at radius 2 is 2.15 bits per heavy atom. The number of hydrogen-bond acceptors (Lipinski definition) is 7. The molecule has 1 saturated heterocycles. The summed E-state index contributed by atoms with van der Waals surface area (Å²) in [6, 6.07) is 1.84. The van der Waals surface area contributed by atoms with Gasteiger partial charge in [0.15, 0.2) is 5.76 Å². The van der Waals surface area contributed by atoms with Crippen LogP contribution < -0.4 is 4.90 Å². The van der Waals surface area contributed by atoms with E-state index in [4.69, 9.17) is 9.26 Å². The molecular formula is C18H25N5O3. The average Bonchev–Trinajstić information content (AvgIpc) is 3.26. The summed E-state index contributed by atoms with van der Waals surface area (Å²) in [6.45, 7) is 2.97. The van der Waals surface area contributed by atoms with Gasteiger partial charge in [0.1, 0.15) is 0 Å². The predicted octanol–water partition coefficient (Wildman–Crippen LogP) is 2.03. The van der Waals surface area contributed by atoms with E-state index in [-0.39, 0.29) is 12.0 Å². The van der Waals surface area contributed by atoms with Crippen LogP contribution in [0.2, 0.25) is 0 Å². The van der Waals surface area contributed by atoms with Crippen LogP contribution in [0.5, 0.6) is 0 Å². The Morgan fingerprint density at radius 1 is 1.35 bits per heavy atom. The number of aryl methyl sites for hydroxylation is 1. The van der Waals surface area contributed by atoms with Gasteiger partial charge in [0, 0.05) is 40.0 Å². The minimum absolute atomic E-state index is 0.0316. The number of hydrogen-bond donors (Lipinski definition) is 0. The van der Waals surface area contributed by atoms with Crippen LogP contribution in [0, 0.1) is 6.92 Å². The van der Waals surface area contributed by atoms with E-state index in [1.807, 2.05) is 32.0 Å². The summed E-state index contributed by atoms with van der Waals surface area (Å²) in [7, 11) is 5.54. The minimum atomic E-state index is 0.0316. The van der Waals surface area contributed by atoms with Crippen molar-refractivity contribution >= 4 is 11.9 Å². The third kappa shape index (κ3) is 4.19. The van der Waals surface area contributed by atoms with Gasteiger partial charge in [-0.2, -0.15) is 0 Å². The van der Waals surface area contributed by atoms with Gasteiger partial charge in [0.05, 0.1) is 36.0 Å². The molecule has 2 aromatic rings. The number of rotatable bonds is 6. The molecular weight excluding hydrogens is 334 g/mol. The molecule has 0 spiro atoms. The molecule has 140 valence electrons. The zero-order valence-corrected chi connectivity index (χ0v) is 15.7. The van der Waals surface area contributed by atoms with Crippen LogP contribution in [0.3, 0.4) is 0 Å². The van der Waals surface area contributed by atoms with Crippen molar-refractivity contribution in [2.75, 3.05) is 32.6 Å². The summed E-state index contributed by atoms with van der Waals surface area (Å²) in [5.41, 5.74) is 2.25. The van der Waals surface area contributed by atoms with Crippen LogP contribution in [0.15, 0.2) is 16.8 Å². The molecule has 1 aliphatic rings. The molecule has 0 saturated carbocycles. The second kappa shape index (κ2) is 7.82. The molecule has 2 aromatic heterocycles. The largest absolute Gasteiger partial charge is 0.378 e. The predicted molar refractivity (Wildman–Crippen MR) is 96.7 cm³/mol. The summed E-state index contributed by atoms with van der Waals surface area (Å²) in [5.74, 6) is 1.23. The lowest BCUT2D eigenvalue weighted by Gasteiger charge is -2.21. The van der Waals surface area contributed by atoms with Crippen molar-refractivity contribution in [2.24, 2.45) is 0 Å². The first-order chi connectivity index (χ1) is 12.4. The van der Waals surface area contributed by atoms with Crippen LogP contribution in [0.1, 0.15) is 30.7 Å². The lowest BCUT2D eigenvalue weighted by atomic mass is 10.1. The zero-order chi connectivity index (χ0) is 18.7. The number of aromatic nitrogens is 3. The molecule has 3 heterocycles. The van der Waals surface area contributed by atoms with Gasteiger partial charge in [0.25, 0.3) is 0 Å². The van der Waals surface area contributed by atoms with Crippen molar-refractivity contribution in [3.05, 3.63) is 23.7 Å². The van der Waals surface area contributed by atoms with E-state index < -0.39 is 0 Å². The van der Waals surface area contributed by atoms with Crippen molar-refractivity contribution in [2.45, 2.75) is 38.8 Å². The summed E-state index contributed by atoms with van der Waals surface area (Å²) < 4.78 is 10.9. The molecule has 26 heavy (non-hydrogen) atoms. The maximum Gasteiger partial charge on any atom is 0.225 e. The average molecular weight is 359 g/mol. The second-order valence-corrected chi connectivity index (χ2v) is 6.85. The smallest absolute Gasteiger partial charge is 0.225 e. The lowest BCUT2D eigenvalue weighted by molar-refractivity contribution is -0.132. The lowest BCUT2D eigenvalue weighted by Crippen LogP contribution is -2.30. The van der Waals surface area contributed by atoms with Gasteiger partial charge in [0.2, 0.25) is 11.9 Å². The second-order valence-electron chi connectivity index (χ2n) is 6.85. The van der Waals surface area contributed by atoms with Crippen molar-refractivity contribution < 1.29 is 14.1 Å². The maximum absolute atomic E-state index is 12.5. The first kappa shape index (κ1) is 18.3. The third-order valence-corrected chi connectivity index (χ3v) is 4.39. The molecule has 1 unspecified atom stereocenters. The third-order valence-electron chi connectivity index (χ3n) is 4.39. The van der Waals surface area contributed by atoms with E-state index >= 15 is 0 Å². The zero-order valence-electron chi connectivity index (χ0n) is 15.7. The van der Waals surface area contributed by atoms with E-state index in [0.29, 0.717) is 24.7 Å². The first-order valence-corrected chi connectivity index (χ1v) is 8.76. The monoisotopic (exact) mass is 359 g/mol. The summed E-state index contributed by atoms with van der Waals surface area (Å²) >= 11 is 0. The Morgan fingerprint density at radius 3 is 2.77 bits per heavy atom. The van der Waals surface area contributed by atoms with Crippen molar-refractivity contribution in [3.63, 3.8) is 0 Å². The van der Waals surface area contributed by atoms with Crippen LogP contribution in [-0.2, 0) is 16.1 Å². The summed E-state index contributed by atoms with van der Waals surface area (Å²) in [4.78, 5) is 25.0. The molecule has 1 amide bonds. The molecule has 8 heteroatoms. The van der Waals surface area contributed by atoms with E-state index in [1.54, 1.807) is 18.1 Å². The maximum atomic E-state index is 12.5. The van der Waals surface area contributed by atoms with Gasteiger partial charge in [-0.05, 0) is 19.8 Å². The SMILES string of the molecule is Cc1cc(-c2cnc(N(C)C)nc2CN(C)C(=O)CC2CCCO2)on1. The fourth-order valence-corrected chi connectivity index (χ4v) is 2.91. The topological polar surface area (TPSA) is 84.6 Å². The van der Waals surface area contributed by atoms with Crippen LogP contribution in [-0.4, -0.2) is 59.8 Å². The van der Waals surface area contributed by atoms with Crippen molar-refractivity contribution in [3.8, 4) is 11.3 Å². The fourth-order valence-electron chi connectivity index (χ4n) is 2.91. The Balaban J connectivity index is 1.81. The van der Waals surface area contributed by atoms with Gasteiger partial charge in [-0.3, -0.25) is 4.79 Å². The highest BCUT2D eigenvalue weighted by Gasteiger charge is 2.23. The van der Waals surface area contributed by atoms with Crippen molar-refractivity contribution in [1.82, 2.24) is 20.0 Å². The van der Waals surface area contributed by atoms with Crippen LogP contribution >= 0.6 is 0 Å². The fraction of sp³-hybridized carbons (Fsp3) is 0.556. The van der Waals surface area contributed by atoms with Crippen LogP contribution in [0.4, 0.5) is 5.95 Å². The van der Waals surface area contributed by atoms with E-state index in [9.17, 15) is 4.79 Å². The molecule has 1 aliphatic heterocycles. The normalized spacial score (nSPS) is 16.7. The molecule has 0 aromatic carbocycles. The van der Waals surface area contributed by atoms with Crippen molar-refractivity contribution in [1.29, 1.82) is 0 Å². The molecule has 3 rings (SSSR count). The highest BCUT2D eigenvalue weighted by atomic mass is 16.5. The highest BCUT2D eigenvalue weighted by Crippen LogP contribution is 2.25. The standard InChI is InChI=1S/C18H25N5O3/c1-12-8-16(26-21-12)14-10-19-18(22(2)3)20-15(14)11-23(4)17(24)9-13-6-5-7-25-13/h8,10,13H,5-7,9,11H2,1-4H3. The van der Waals surface area contributed by atoms with Gasteiger partial charge in [-0.15, -0.1) is 0 Å². The van der Waals surface area contributed by atoms with Gasteiger partial charge < -0.3 is 19.1 Å². The number of carbonyl (C=O) groups excluding carboxylic acids is 1. The molecule has 0 aliphatic carbocycles. The molecule has 8 nitrogen and oxygen atoms in total. The van der Waals surface area contributed by atoms with E-state index in [0.717, 1.165) is 36.4 Å². The highest BCUT2D eigenvalue weighted by molar-refractivity contribution is 5.76. The number of nitrogens with zero attached hydrogens (tertiary/aromatic N) is 5.